The molecule has 1 saturated heterocycles. The number of nitrogens with one attached hydrogen (secondary N) is 1. The smallest absolute Gasteiger partial charge is 0.328 e. The minimum Gasteiger partial charge on any atom is -0.480 e. The molecule has 40 heavy (non-hydrogen) atoms. The van der Waals surface area contributed by atoms with E-state index in [2.05, 4.69) is 22.3 Å². The Morgan fingerprint density at radius 3 is 2.10 bits per heavy atom. The SMILES string of the molecule is O=C(O)[C@H](Cc1ccccc1)N=C(c1ccccc1)c1ccccc1NC(=O)[C@@H]1CCCN1Cc1ccccc1. The van der Waals surface area contributed by atoms with Crippen molar-refractivity contribution >= 4 is 23.3 Å². The normalized spacial score (nSPS) is 16.4. The quantitative estimate of drug-likeness (QED) is 0.253. The monoisotopic (exact) mass is 531 g/mol. The van der Waals surface area contributed by atoms with E-state index in [9.17, 15) is 14.7 Å². The van der Waals surface area contributed by atoms with Gasteiger partial charge in [0.2, 0.25) is 5.91 Å². The number of hydrogen-bond acceptors (Lipinski definition) is 4. The number of amides is 1. The van der Waals surface area contributed by atoms with E-state index in [0.717, 1.165) is 37.1 Å². The molecule has 0 aliphatic carbocycles. The molecule has 4 aromatic rings. The average Bonchev–Trinajstić information content (AvgIpc) is 3.45. The molecule has 5 rings (SSSR count). The Balaban J connectivity index is 1.45. The van der Waals surface area contributed by atoms with Crippen LogP contribution in [0.15, 0.2) is 120 Å². The number of aliphatic imine (C=N–C) groups is 1. The van der Waals surface area contributed by atoms with Gasteiger partial charge >= 0.3 is 5.97 Å². The molecule has 0 unspecified atom stereocenters. The van der Waals surface area contributed by atoms with Gasteiger partial charge in [-0.1, -0.05) is 109 Å². The summed E-state index contributed by atoms with van der Waals surface area (Å²) in [6.07, 6.45) is 2.01. The molecule has 4 aromatic carbocycles. The van der Waals surface area contributed by atoms with Crippen molar-refractivity contribution in [1.29, 1.82) is 0 Å². The lowest BCUT2D eigenvalue weighted by Gasteiger charge is -2.24. The highest BCUT2D eigenvalue weighted by atomic mass is 16.4. The maximum absolute atomic E-state index is 13.6. The first-order valence-electron chi connectivity index (χ1n) is 13.7. The molecule has 202 valence electrons. The van der Waals surface area contributed by atoms with Crippen LogP contribution < -0.4 is 5.32 Å². The molecular weight excluding hydrogens is 498 g/mol. The molecule has 6 nitrogen and oxygen atoms in total. The van der Waals surface area contributed by atoms with Crippen molar-refractivity contribution in [2.45, 2.75) is 37.9 Å². The van der Waals surface area contributed by atoms with E-state index in [1.54, 1.807) is 0 Å². The molecule has 2 N–H and O–H groups in total. The summed E-state index contributed by atoms with van der Waals surface area (Å²) in [6, 6.07) is 35.5. The summed E-state index contributed by atoms with van der Waals surface area (Å²) in [7, 11) is 0. The van der Waals surface area contributed by atoms with Crippen LogP contribution >= 0.6 is 0 Å². The molecule has 0 aromatic heterocycles. The molecule has 2 atom stereocenters. The summed E-state index contributed by atoms with van der Waals surface area (Å²) < 4.78 is 0. The Hall–Kier alpha value is -4.55. The number of para-hydroxylation sites is 1. The van der Waals surface area contributed by atoms with Gasteiger partial charge in [-0.25, -0.2) is 4.79 Å². The van der Waals surface area contributed by atoms with Crippen molar-refractivity contribution in [3.8, 4) is 0 Å². The topological polar surface area (TPSA) is 82.0 Å². The summed E-state index contributed by atoms with van der Waals surface area (Å²) in [6.45, 7) is 1.59. The van der Waals surface area contributed by atoms with Gasteiger partial charge in [0.15, 0.2) is 6.04 Å². The molecule has 0 saturated carbocycles. The number of carboxylic acid groups (broad SMARTS) is 1. The number of nitrogens with zero attached hydrogens (tertiary/aromatic N) is 2. The predicted octanol–water partition coefficient (Wildman–Crippen LogP) is 5.82. The highest BCUT2D eigenvalue weighted by Crippen LogP contribution is 2.25. The van der Waals surface area contributed by atoms with Crippen LogP contribution in [0.5, 0.6) is 0 Å². The van der Waals surface area contributed by atoms with E-state index in [0.29, 0.717) is 17.0 Å². The third-order valence-corrected chi connectivity index (χ3v) is 7.22. The first-order chi connectivity index (χ1) is 19.6. The van der Waals surface area contributed by atoms with Crippen LogP contribution in [0.1, 0.15) is 35.1 Å². The zero-order valence-corrected chi connectivity index (χ0v) is 22.3. The van der Waals surface area contributed by atoms with Crippen LogP contribution in [0, 0.1) is 0 Å². The van der Waals surface area contributed by atoms with Gasteiger partial charge in [-0.15, -0.1) is 0 Å². The number of likely N-dealkylation sites (tertiary alicyclic amines) is 1. The molecule has 1 aliphatic heterocycles. The maximum atomic E-state index is 13.6. The number of rotatable bonds is 10. The summed E-state index contributed by atoms with van der Waals surface area (Å²) in [5.74, 6) is -1.06. The van der Waals surface area contributed by atoms with Gasteiger partial charge in [0.1, 0.15) is 0 Å². The number of anilines is 1. The van der Waals surface area contributed by atoms with Crippen LogP contribution in [0.25, 0.3) is 0 Å². The van der Waals surface area contributed by atoms with Crippen molar-refractivity contribution in [2.24, 2.45) is 4.99 Å². The molecule has 1 heterocycles. The lowest BCUT2D eigenvalue weighted by Crippen LogP contribution is -2.39. The first-order valence-corrected chi connectivity index (χ1v) is 13.7. The van der Waals surface area contributed by atoms with Gasteiger partial charge < -0.3 is 10.4 Å². The van der Waals surface area contributed by atoms with E-state index < -0.39 is 12.0 Å². The van der Waals surface area contributed by atoms with Gasteiger partial charge in [0.25, 0.3) is 0 Å². The van der Waals surface area contributed by atoms with Crippen molar-refractivity contribution in [3.63, 3.8) is 0 Å². The van der Waals surface area contributed by atoms with E-state index >= 15 is 0 Å². The molecular formula is C34H33N3O3. The molecule has 0 bridgehead atoms. The Labute approximate surface area is 235 Å². The minimum absolute atomic E-state index is 0.0626. The third-order valence-electron chi connectivity index (χ3n) is 7.22. The summed E-state index contributed by atoms with van der Waals surface area (Å²) in [5.41, 5.74) is 4.70. The second kappa shape index (κ2) is 13.0. The zero-order valence-electron chi connectivity index (χ0n) is 22.3. The van der Waals surface area contributed by atoms with Crippen molar-refractivity contribution in [1.82, 2.24) is 4.90 Å². The van der Waals surface area contributed by atoms with Gasteiger partial charge in [-0.3, -0.25) is 14.7 Å². The number of carbonyl (C=O) groups excluding carboxylic acids is 1. The maximum Gasteiger partial charge on any atom is 0.328 e. The van der Waals surface area contributed by atoms with Crippen molar-refractivity contribution < 1.29 is 14.7 Å². The van der Waals surface area contributed by atoms with Gasteiger partial charge in [0.05, 0.1) is 17.4 Å². The van der Waals surface area contributed by atoms with Gasteiger partial charge in [-0.2, -0.15) is 0 Å². The van der Waals surface area contributed by atoms with Crippen molar-refractivity contribution in [3.05, 3.63) is 138 Å². The average molecular weight is 532 g/mol. The first kappa shape index (κ1) is 27.0. The largest absolute Gasteiger partial charge is 0.480 e. The molecule has 6 heteroatoms. The predicted molar refractivity (Wildman–Crippen MR) is 159 cm³/mol. The summed E-state index contributed by atoms with van der Waals surface area (Å²) in [4.78, 5) is 33.0. The van der Waals surface area contributed by atoms with E-state index in [-0.39, 0.29) is 18.4 Å². The molecule has 0 spiro atoms. The number of hydrogen-bond donors (Lipinski definition) is 2. The van der Waals surface area contributed by atoms with Crippen LogP contribution in [-0.4, -0.2) is 46.2 Å². The van der Waals surface area contributed by atoms with Gasteiger partial charge in [-0.05, 0) is 36.6 Å². The van der Waals surface area contributed by atoms with E-state index in [1.165, 1.54) is 5.56 Å². The van der Waals surface area contributed by atoms with Crippen LogP contribution in [0.3, 0.4) is 0 Å². The summed E-state index contributed by atoms with van der Waals surface area (Å²) >= 11 is 0. The standard InChI is InChI=1S/C34H33N3O3/c38-33(31-21-12-22-37(31)24-26-15-6-2-7-16-26)36-29-20-11-10-19-28(29)32(27-17-8-3-9-18-27)35-30(34(39)40)23-25-13-4-1-5-14-25/h1-11,13-20,30-31H,12,21-24H2,(H,36,38)(H,39,40)/t30-,31-/m0/s1. The van der Waals surface area contributed by atoms with E-state index in [1.807, 2.05) is 103 Å². The number of carboxylic acids is 1. The van der Waals surface area contributed by atoms with E-state index in [4.69, 9.17) is 4.99 Å². The Morgan fingerprint density at radius 1 is 0.825 bits per heavy atom. The molecule has 1 amide bonds. The molecule has 1 aliphatic rings. The zero-order chi connectivity index (χ0) is 27.7. The second-order valence-electron chi connectivity index (χ2n) is 10.0. The Bertz CT molecular complexity index is 1460. The van der Waals surface area contributed by atoms with Crippen LogP contribution in [0.4, 0.5) is 5.69 Å². The number of carbonyl (C=O) groups is 2. The lowest BCUT2D eigenvalue weighted by molar-refractivity contribution is -0.138. The van der Waals surface area contributed by atoms with Gasteiger partial charge in [0, 0.05) is 24.1 Å². The van der Waals surface area contributed by atoms with Crippen LogP contribution in [-0.2, 0) is 22.6 Å². The Kier molecular flexibility index (Phi) is 8.79. The fraction of sp³-hybridized carbons (Fsp3) is 0.206. The number of benzene rings is 4. The fourth-order valence-electron chi connectivity index (χ4n) is 5.22. The third kappa shape index (κ3) is 6.71. The minimum atomic E-state index is -0.999. The Morgan fingerprint density at radius 2 is 1.43 bits per heavy atom. The highest BCUT2D eigenvalue weighted by molar-refractivity contribution is 6.17. The molecule has 1 fully saturated rings. The lowest BCUT2D eigenvalue weighted by atomic mass is 9.98. The fourth-order valence-corrected chi connectivity index (χ4v) is 5.22. The number of aliphatic carboxylic acids is 1. The van der Waals surface area contributed by atoms with Crippen molar-refractivity contribution in [2.75, 3.05) is 11.9 Å². The van der Waals surface area contributed by atoms with Crippen LogP contribution in [0.2, 0.25) is 0 Å². The highest BCUT2D eigenvalue weighted by Gasteiger charge is 2.31. The second-order valence-corrected chi connectivity index (χ2v) is 10.0. The molecule has 0 radical (unpaired) electrons. The summed E-state index contributed by atoms with van der Waals surface area (Å²) in [5, 5.41) is 13.3.